The highest BCUT2D eigenvalue weighted by Crippen LogP contribution is 2.36. The van der Waals surface area contributed by atoms with Crippen molar-refractivity contribution in [1.29, 1.82) is 0 Å². The number of rotatable bonds is 7. The van der Waals surface area contributed by atoms with Crippen molar-refractivity contribution >= 4 is 29.5 Å². The predicted octanol–water partition coefficient (Wildman–Crippen LogP) is 6.14. The minimum atomic E-state index is -4.62. The number of hydrogen-bond acceptors (Lipinski definition) is 7. The average Bonchev–Trinajstić information content (AvgIpc) is 3.39. The third-order valence-electron chi connectivity index (χ3n) is 7.11. The molecule has 4 heterocycles. The van der Waals surface area contributed by atoms with E-state index in [-0.39, 0.29) is 23.4 Å². The van der Waals surface area contributed by atoms with Gasteiger partial charge in [-0.25, -0.2) is 15.0 Å². The maximum absolute atomic E-state index is 13.9. The fourth-order valence-electron chi connectivity index (χ4n) is 5.03. The first kappa shape index (κ1) is 27.2. The van der Waals surface area contributed by atoms with Gasteiger partial charge in [0, 0.05) is 38.1 Å². The number of hydrogen-bond donors (Lipinski definition) is 1. The molecular formula is C26H31ClF3N7S. The second kappa shape index (κ2) is 11.8. The number of nitrogens with zero attached hydrogens (tertiary/aromatic N) is 6. The van der Waals surface area contributed by atoms with Gasteiger partial charge in [-0.1, -0.05) is 36.0 Å². The molecule has 0 spiro atoms. The monoisotopic (exact) mass is 565 g/mol. The zero-order chi connectivity index (χ0) is 26.7. The number of alkyl halides is 3. The van der Waals surface area contributed by atoms with Crippen LogP contribution in [0.4, 0.5) is 19.1 Å². The number of piperidine rings is 2. The molecule has 0 unspecified atom stereocenters. The van der Waals surface area contributed by atoms with E-state index in [9.17, 15) is 13.2 Å². The normalized spacial score (nSPS) is 18.1. The zero-order valence-electron chi connectivity index (χ0n) is 21.2. The smallest absolute Gasteiger partial charge is 0.351 e. The Bertz CT molecular complexity index is 1240. The molecule has 12 heteroatoms. The summed E-state index contributed by atoms with van der Waals surface area (Å²) in [7, 11) is 0. The van der Waals surface area contributed by atoms with E-state index in [1.54, 1.807) is 16.5 Å². The summed E-state index contributed by atoms with van der Waals surface area (Å²) < 4.78 is 45.5. The standard InChI is InChI=1S/C26H31ClF3N7S/c1-38-37-11-7-19(8-12-37)33-25-31-14-20(26(28,29)30)24(34-25)22-16-36(17-32-22)23-6-5-18(13-21(23)27)15-35-9-3-2-4-10-35/h5-6,13-14,16-17,19H,2-4,7-12,15H2,1H3,(H,31,33,34). The molecule has 0 saturated carbocycles. The van der Waals surface area contributed by atoms with Gasteiger partial charge in [-0.3, -0.25) is 9.21 Å². The lowest BCUT2D eigenvalue weighted by Gasteiger charge is -2.30. The van der Waals surface area contributed by atoms with Crippen LogP contribution in [-0.2, 0) is 12.7 Å². The molecule has 7 nitrogen and oxygen atoms in total. The van der Waals surface area contributed by atoms with E-state index >= 15 is 0 Å². The van der Waals surface area contributed by atoms with Crippen LogP contribution in [0.15, 0.2) is 36.9 Å². The van der Waals surface area contributed by atoms with E-state index < -0.39 is 11.7 Å². The molecule has 5 rings (SSSR count). The molecule has 0 radical (unpaired) electrons. The molecule has 0 aliphatic carbocycles. The van der Waals surface area contributed by atoms with Crippen molar-refractivity contribution in [3.8, 4) is 17.1 Å². The summed E-state index contributed by atoms with van der Waals surface area (Å²) in [6.07, 6.45) is 6.67. The van der Waals surface area contributed by atoms with Crippen molar-refractivity contribution in [2.45, 2.75) is 50.9 Å². The second-order valence-electron chi connectivity index (χ2n) is 9.77. The average molecular weight is 566 g/mol. The van der Waals surface area contributed by atoms with Crippen LogP contribution in [0, 0.1) is 0 Å². The van der Waals surface area contributed by atoms with Crippen LogP contribution in [0.3, 0.4) is 0 Å². The number of anilines is 1. The minimum absolute atomic E-state index is 0.0998. The van der Waals surface area contributed by atoms with Crippen molar-refractivity contribution in [3.05, 3.63) is 53.1 Å². The summed E-state index contributed by atoms with van der Waals surface area (Å²) in [5.74, 6) is 0.172. The van der Waals surface area contributed by atoms with E-state index in [0.29, 0.717) is 10.7 Å². The van der Waals surface area contributed by atoms with Crippen molar-refractivity contribution in [1.82, 2.24) is 28.7 Å². The highest BCUT2D eigenvalue weighted by Gasteiger charge is 2.36. The molecule has 1 aromatic carbocycles. The summed E-state index contributed by atoms with van der Waals surface area (Å²) in [6.45, 7) is 4.79. The number of halogens is 4. The van der Waals surface area contributed by atoms with Crippen LogP contribution in [0.25, 0.3) is 17.1 Å². The second-order valence-corrected chi connectivity index (χ2v) is 11.1. The summed E-state index contributed by atoms with van der Waals surface area (Å²) in [5, 5.41) is 3.73. The Kier molecular flexibility index (Phi) is 8.47. The maximum Gasteiger partial charge on any atom is 0.420 e. The Morgan fingerprint density at radius 2 is 1.84 bits per heavy atom. The van der Waals surface area contributed by atoms with E-state index in [0.717, 1.165) is 57.3 Å². The van der Waals surface area contributed by atoms with Crippen LogP contribution in [-0.4, -0.2) is 67.2 Å². The van der Waals surface area contributed by atoms with Gasteiger partial charge in [0.15, 0.2) is 0 Å². The molecule has 204 valence electrons. The Morgan fingerprint density at radius 1 is 1.08 bits per heavy atom. The first-order valence-corrected chi connectivity index (χ1v) is 14.4. The van der Waals surface area contributed by atoms with Gasteiger partial charge in [0.2, 0.25) is 5.95 Å². The Hall–Kier alpha value is -2.34. The number of imidazole rings is 1. The van der Waals surface area contributed by atoms with Crippen LogP contribution in [0.1, 0.15) is 43.2 Å². The minimum Gasteiger partial charge on any atom is -0.351 e. The van der Waals surface area contributed by atoms with E-state index in [1.807, 2.05) is 24.5 Å². The van der Waals surface area contributed by atoms with Crippen molar-refractivity contribution in [3.63, 3.8) is 0 Å². The van der Waals surface area contributed by atoms with Gasteiger partial charge in [-0.15, -0.1) is 0 Å². The molecule has 0 atom stereocenters. The number of aromatic nitrogens is 4. The molecule has 0 bridgehead atoms. The van der Waals surface area contributed by atoms with Crippen LogP contribution >= 0.6 is 23.5 Å². The molecule has 3 aromatic rings. The number of likely N-dealkylation sites (tertiary alicyclic amines) is 1. The summed E-state index contributed by atoms with van der Waals surface area (Å²) in [6, 6.07) is 5.90. The van der Waals surface area contributed by atoms with Gasteiger partial charge < -0.3 is 9.88 Å². The summed E-state index contributed by atoms with van der Waals surface area (Å²) in [4.78, 5) is 14.9. The SMILES string of the molecule is CSN1CCC(Nc2ncc(C(F)(F)F)c(-c3cn(-c4ccc(CN5CCCCC5)cc4Cl)cn3)n2)CC1. The molecule has 2 aliphatic heterocycles. The molecule has 0 amide bonds. The summed E-state index contributed by atoms with van der Waals surface area (Å²) in [5.41, 5.74) is 0.680. The fraction of sp³-hybridized carbons (Fsp3) is 0.500. The molecule has 38 heavy (non-hydrogen) atoms. The highest BCUT2D eigenvalue weighted by molar-refractivity contribution is 7.96. The molecule has 1 N–H and O–H groups in total. The van der Waals surface area contributed by atoms with Gasteiger partial charge in [0.25, 0.3) is 0 Å². The van der Waals surface area contributed by atoms with Gasteiger partial charge in [0.05, 0.1) is 10.7 Å². The molecule has 2 fully saturated rings. The van der Waals surface area contributed by atoms with Crippen LogP contribution in [0.5, 0.6) is 0 Å². The van der Waals surface area contributed by atoms with E-state index in [4.69, 9.17) is 11.6 Å². The summed E-state index contributed by atoms with van der Waals surface area (Å²) >= 11 is 8.30. The Morgan fingerprint density at radius 3 is 2.53 bits per heavy atom. The van der Waals surface area contributed by atoms with Crippen LogP contribution < -0.4 is 5.32 Å². The molecule has 2 aliphatic rings. The van der Waals surface area contributed by atoms with Gasteiger partial charge in [-0.05, 0) is 62.7 Å². The largest absolute Gasteiger partial charge is 0.420 e. The maximum atomic E-state index is 13.9. The third-order valence-corrected chi connectivity index (χ3v) is 8.29. The predicted molar refractivity (Wildman–Crippen MR) is 145 cm³/mol. The van der Waals surface area contributed by atoms with Gasteiger partial charge in [0.1, 0.15) is 23.3 Å². The van der Waals surface area contributed by atoms with Gasteiger partial charge in [-0.2, -0.15) is 13.2 Å². The molecular weight excluding hydrogens is 535 g/mol. The number of nitrogens with one attached hydrogen (secondary N) is 1. The first-order valence-electron chi connectivity index (χ1n) is 12.9. The molecule has 2 aromatic heterocycles. The zero-order valence-corrected chi connectivity index (χ0v) is 22.8. The Balaban J connectivity index is 1.37. The van der Waals surface area contributed by atoms with E-state index in [1.165, 1.54) is 31.8 Å². The lowest BCUT2D eigenvalue weighted by molar-refractivity contribution is -0.137. The lowest BCUT2D eigenvalue weighted by atomic mass is 10.1. The third kappa shape index (κ3) is 6.44. The van der Waals surface area contributed by atoms with Gasteiger partial charge >= 0.3 is 6.18 Å². The van der Waals surface area contributed by atoms with Crippen LogP contribution in [0.2, 0.25) is 5.02 Å². The molecule has 2 saturated heterocycles. The quantitative estimate of drug-likeness (QED) is 0.345. The van der Waals surface area contributed by atoms with Crippen molar-refractivity contribution in [2.24, 2.45) is 0 Å². The fourth-order valence-corrected chi connectivity index (χ4v) is 5.91. The first-order chi connectivity index (χ1) is 18.3. The van der Waals surface area contributed by atoms with E-state index in [2.05, 4.69) is 29.5 Å². The topological polar surface area (TPSA) is 62.1 Å². The highest BCUT2D eigenvalue weighted by atomic mass is 35.5. The lowest BCUT2D eigenvalue weighted by Crippen LogP contribution is -2.35. The van der Waals surface area contributed by atoms with Crippen molar-refractivity contribution in [2.75, 3.05) is 37.8 Å². The Labute approximate surface area is 229 Å². The number of benzene rings is 1. The van der Waals surface area contributed by atoms with Crippen molar-refractivity contribution < 1.29 is 13.2 Å².